The fourth-order valence-electron chi connectivity index (χ4n) is 1.83. The summed E-state index contributed by atoms with van der Waals surface area (Å²) in [6, 6.07) is 7.75. The van der Waals surface area contributed by atoms with Crippen LogP contribution in [0.25, 0.3) is 0 Å². The largest absolute Gasteiger partial charge is 0.507 e. The van der Waals surface area contributed by atoms with Crippen molar-refractivity contribution >= 4 is 73.7 Å². The first-order chi connectivity index (χ1) is 10.8. The number of carboxylic acids is 1. The van der Waals surface area contributed by atoms with Crippen LogP contribution in [0, 0.1) is 10.7 Å². The molecule has 0 heterocycles. The maximum Gasteiger partial charge on any atom is 0.320 e. The van der Waals surface area contributed by atoms with Gasteiger partial charge in [-0.05, 0) is 104 Å². The molecule has 0 unspecified atom stereocenters. The third kappa shape index (κ3) is 5.06. The Kier molecular flexibility index (Phi) is 6.74. The van der Waals surface area contributed by atoms with Gasteiger partial charge in [0.2, 0.25) is 0 Å². The molecule has 0 spiro atoms. The number of aliphatic carboxylic acids is 1. The third-order valence-corrected chi connectivity index (χ3v) is 5.80. The normalized spacial score (nSPS) is 12.0. The van der Waals surface area contributed by atoms with E-state index >= 15 is 0 Å². The van der Waals surface area contributed by atoms with E-state index in [-0.39, 0.29) is 12.2 Å². The van der Waals surface area contributed by atoms with Crippen LogP contribution in [0.2, 0.25) is 0 Å². The minimum atomic E-state index is -1.02. The van der Waals surface area contributed by atoms with Crippen molar-refractivity contribution in [2.24, 2.45) is 5.73 Å². The van der Waals surface area contributed by atoms with Crippen LogP contribution in [0.15, 0.2) is 30.3 Å². The van der Waals surface area contributed by atoms with Gasteiger partial charge in [-0.15, -0.1) is 0 Å². The molecule has 2 rings (SSSR count). The van der Waals surface area contributed by atoms with Crippen molar-refractivity contribution in [1.82, 2.24) is 0 Å². The van der Waals surface area contributed by atoms with Gasteiger partial charge >= 0.3 is 5.97 Å². The number of halogens is 3. The van der Waals surface area contributed by atoms with Gasteiger partial charge in [-0.1, -0.05) is 0 Å². The highest BCUT2D eigenvalue weighted by molar-refractivity contribution is 14.1. The van der Waals surface area contributed by atoms with Crippen molar-refractivity contribution in [2.45, 2.75) is 12.5 Å². The van der Waals surface area contributed by atoms with Gasteiger partial charge in [-0.3, -0.25) is 4.79 Å². The van der Waals surface area contributed by atoms with Crippen molar-refractivity contribution in [3.05, 3.63) is 46.6 Å². The van der Waals surface area contributed by atoms with E-state index in [1.165, 1.54) is 0 Å². The smallest absolute Gasteiger partial charge is 0.320 e. The Hall–Kier alpha value is -0.340. The molecule has 2 aromatic carbocycles. The topological polar surface area (TPSA) is 92.8 Å². The summed E-state index contributed by atoms with van der Waals surface area (Å²) in [7, 11) is 0. The van der Waals surface area contributed by atoms with Crippen LogP contribution in [-0.4, -0.2) is 22.2 Å². The molecule has 1 atom stereocenters. The predicted molar refractivity (Wildman–Crippen MR) is 112 cm³/mol. The number of benzene rings is 2. The minimum Gasteiger partial charge on any atom is -0.507 e. The molecular formula is C15H12I3NO4. The average molecular weight is 651 g/mol. The lowest BCUT2D eigenvalue weighted by Crippen LogP contribution is -2.32. The maximum atomic E-state index is 10.9. The Bertz CT molecular complexity index is 728. The molecule has 122 valence electrons. The first-order valence-electron chi connectivity index (χ1n) is 6.40. The van der Waals surface area contributed by atoms with Crippen LogP contribution < -0.4 is 10.5 Å². The van der Waals surface area contributed by atoms with E-state index in [2.05, 4.69) is 45.2 Å². The molecule has 0 aliphatic rings. The molecule has 0 saturated heterocycles. The lowest BCUT2D eigenvalue weighted by molar-refractivity contribution is -0.138. The van der Waals surface area contributed by atoms with Gasteiger partial charge in [0.15, 0.2) is 0 Å². The second-order valence-electron chi connectivity index (χ2n) is 4.73. The highest BCUT2D eigenvalue weighted by atomic mass is 127. The molecule has 0 aliphatic carbocycles. The van der Waals surface area contributed by atoms with Gasteiger partial charge in [-0.2, -0.15) is 0 Å². The van der Waals surface area contributed by atoms with Crippen molar-refractivity contribution in [3.63, 3.8) is 0 Å². The second kappa shape index (κ2) is 8.16. The van der Waals surface area contributed by atoms with Gasteiger partial charge in [0, 0.05) is 13.6 Å². The summed E-state index contributed by atoms with van der Waals surface area (Å²) in [6.07, 6.45) is 0.267. The summed E-state index contributed by atoms with van der Waals surface area (Å²) in [6.45, 7) is 0. The second-order valence-corrected chi connectivity index (χ2v) is 8.22. The number of aromatic hydroxyl groups is 1. The maximum absolute atomic E-state index is 10.9. The van der Waals surface area contributed by atoms with Crippen LogP contribution in [0.3, 0.4) is 0 Å². The number of ether oxygens (including phenoxy) is 1. The first-order valence-corrected chi connectivity index (χ1v) is 9.64. The Labute approximate surface area is 174 Å². The highest BCUT2D eigenvalue weighted by Gasteiger charge is 2.17. The van der Waals surface area contributed by atoms with Gasteiger partial charge in [0.1, 0.15) is 23.3 Å². The summed E-state index contributed by atoms with van der Waals surface area (Å²) in [5.74, 6) is 0.456. The Morgan fingerprint density at radius 3 is 2.17 bits per heavy atom. The Morgan fingerprint density at radius 1 is 1.09 bits per heavy atom. The zero-order valence-electron chi connectivity index (χ0n) is 11.6. The van der Waals surface area contributed by atoms with Crippen molar-refractivity contribution in [2.75, 3.05) is 0 Å². The zero-order valence-corrected chi connectivity index (χ0v) is 18.1. The van der Waals surface area contributed by atoms with Crippen molar-refractivity contribution in [1.29, 1.82) is 0 Å². The number of carbonyl (C=O) groups is 1. The van der Waals surface area contributed by atoms with E-state index in [0.29, 0.717) is 15.1 Å². The van der Waals surface area contributed by atoms with Crippen molar-refractivity contribution < 1.29 is 19.7 Å². The number of nitrogens with two attached hydrogens (primary N) is 1. The monoisotopic (exact) mass is 651 g/mol. The molecule has 4 N–H and O–H groups in total. The summed E-state index contributed by atoms with van der Waals surface area (Å²) < 4.78 is 8.31. The van der Waals surface area contributed by atoms with Gasteiger partial charge < -0.3 is 20.7 Å². The Balaban J connectivity index is 2.25. The summed E-state index contributed by atoms with van der Waals surface area (Å²) >= 11 is 6.32. The SMILES string of the molecule is N[C@@H](Cc1c(I)cc(Oc2ccc(O)c(I)c2)cc1I)C(=O)O. The lowest BCUT2D eigenvalue weighted by atomic mass is 10.1. The van der Waals surface area contributed by atoms with Gasteiger partial charge in [0.05, 0.1) is 3.57 Å². The van der Waals surface area contributed by atoms with E-state index in [4.69, 9.17) is 15.6 Å². The molecule has 23 heavy (non-hydrogen) atoms. The summed E-state index contributed by atoms with van der Waals surface area (Å²) in [4.78, 5) is 10.9. The van der Waals surface area contributed by atoms with Crippen molar-refractivity contribution in [3.8, 4) is 17.2 Å². The average Bonchev–Trinajstić information content (AvgIpc) is 2.46. The van der Waals surface area contributed by atoms with Crippen LogP contribution in [-0.2, 0) is 11.2 Å². The summed E-state index contributed by atoms with van der Waals surface area (Å²) in [5.41, 5.74) is 6.51. The molecule has 0 aliphatic heterocycles. The number of phenolic OH excluding ortho intramolecular Hbond substituents is 1. The van der Waals surface area contributed by atoms with Crippen LogP contribution in [0.5, 0.6) is 17.2 Å². The highest BCUT2D eigenvalue weighted by Crippen LogP contribution is 2.32. The molecule has 8 heteroatoms. The molecule has 0 aromatic heterocycles. The Morgan fingerprint density at radius 2 is 1.65 bits per heavy atom. The molecular weight excluding hydrogens is 639 g/mol. The molecule has 0 saturated carbocycles. The first kappa shape index (κ1) is 19.0. The van der Waals surface area contributed by atoms with Gasteiger partial charge in [0.25, 0.3) is 0 Å². The fourth-order valence-corrected chi connectivity index (χ4v) is 4.47. The number of rotatable bonds is 5. The van der Waals surface area contributed by atoms with E-state index in [1.807, 2.05) is 34.7 Å². The third-order valence-electron chi connectivity index (χ3n) is 3.01. The van der Waals surface area contributed by atoms with Crippen LogP contribution >= 0.6 is 67.8 Å². The zero-order chi connectivity index (χ0) is 17.1. The van der Waals surface area contributed by atoms with Gasteiger partial charge in [-0.25, -0.2) is 0 Å². The number of carboxylic acid groups (broad SMARTS) is 1. The summed E-state index contributed by atoms with van der Waals surface area (Å²) in [5, 5.41) is 18.5. The molecule has 0 amide bonds. The number of phenols is 1. The predicted octanol–water partition coefficient (Wildman–Crippen LogP) is 3.95. The van der Waals surface area contributed by atoms with Crippen LogP contribution in [0.4, 0.5) is 0 Å². The van der Waals surface area contributed by atoms with E-state index in [0.717, 1.165) is 12.7 Å². The fraction of sp³-hybridized carbons (Fsp3) is 0.133. The molecule has 0 fully saturated rings. The quantitative estimate of drug-likeness (QED) is 0.427. The van der Waals surface area contributed by atoms with E-state index in [1.54, 1.807) is 18.2 Å². The molecule has 5 nitrogen and oxygen atoms in total. The van der Waals surface area contributed by atoms with Crippen LogP contribution in [0.1, 0.15) is 5.56 Å². The number of hydrogen-bond donors (Lipinski definition) is 3. The molecule has 0 bridgehead atoms. The molecule has 2 aromatic rings. The van der Waals surface area contributed by atoms with E-state index in [9.17, 15) is 9.90 Å². The standard InChI is InChI=1S/C15H12I3NO4/c16-10-4-8(23-7-1-2-14(20)12(18)3-7)5-11(17)9(10)6-13(19)15(21)22/h1-5,13,20H,6,19H2,(H,21,22)/t13-/m0/s1. The number of hydrogen-bond acceptors (Lipinski definition) is 4. The molecule has 0 radical (unpaired) electrons. The minimum absolute atomic E-state index is 0.208. The lowest BCUT2D eigenvalue weighted by Gasteiger charge is -2.14. The van der Waals surface area contributed by atoms with E-state index < -0.39 is 12.0 Å².